The van der Waals surface area contributed by atoms with Crippen LogP contribution in [0.1, 0.15) is 22.7 Å². The van der Waals surface area contributed by atoms with Crippen LogP contribution in [0, 0.1) is 11.8 Å². The zero-order valence-corrected chi connectivity index (χ0v) is 18.9. The molecule has 35 heavy (non-hydrogen) atoms. The highest BCUT2D eigenvalue weighted by molar-refractivity contribution is 5.82. The summed E-state index contributed by atoms with van der Waals surface area (Å²) in [7, 11) is 3.62. The minimum atomic E-state index is -4.68. The molecule has 2 aliphatic rings. The lowest BCUT2D eigenvalue weighted by atomic mass is 9.91. The number of quaternary nitrogens is 1. The molecule has 7 nitrogen and oxygen atoms in total. The summed E-state index contributed by atoms with van der Waals surface area (Å²) in [6, 6.07) is 6.06. The number of fused-ring (bicyclic) bond motifs is 3. The van der Waals surface area contributed by atoms with Crippen molar-refractivity contribution in [2.45, 2.75) is 18.6 Å². The Morgan fingerprint density at radius 2 is 2.03 bits per heavy atom. The average Bonchev–Trinajstić information content (AvgIpc) is 3.28. The number of hydrogen-bond donors (Lipinski definition) is 1. The second-order valence-corrected chi connectivity index (χ2v) is 8.24. The minimum Gasteiger partial charge on any atom is -0.492 e. The Balaban J connectivity index is 1.39. The summed E-state index contributed by atoms with van der Waals surface area (Å²) in [5.41, 5.74) is -0.311. The van der Waals surface area contributed by atoms with E-state index in [2.05, 4.69) is 11.8 Å². The Kier molecular flexibility index (Phi) is 5.73. The molecule has 5 rings (SSSR count). The second kappa shape index (κ2) is 8.74. The van der Waals surface area contributed by atoms with E-state index in [1.807, 2.05) is 13.1 Å². The largest absolute Gasteiger partial charge is 0.492 e. The summed E-state index contributed by atoms with van der Waals surface area (Å²) in [6.45, 7) is 0.986. The molecule has 3 aromatic rings. The molecule has 1 unspecified atom stereocenters. The molecule has 0 amide bonds. The molecule has 2 atom stereocenters. The summed E-state index contributed by atoms with van der Waals surface area (Å²) in [4.78, 5) is 12.8. The topological polar surface area (TPSA) is 71.6 Å². The maximum atomic E-state index is 13.2. The van der Waals surface area contributed by atoms with Crippen LogP contribution in [0.2, 0.25) is 0 Å². The van der Waals surface area contributed by atoms with E-state index in [1.54, 1.807) is 7.11 Å². The summed E-state index contributed by atoms with van der Waals surface area (Å²) in [6.07, 6.45) is -3.84. The van der Waals surface area contributed by atoms with Crippen molar-refractivity contribution < 1.29 is 41.4 Å². The van der Waals surface area contributed by atoms with E-state index in [4.69, 9.17) is 23.4 Å². The molecule has 0 aliphatic carbocycles. The van der Waals surface area contributed by atoms with Gasteiger partial charge in [0.05, 0.1) is 31.8 Å². The summed E-state index contributed by atoms with van der Waals surface area (Å²) in [5.74, 6) is 8.30. The molecule has 2 aliphatic heterocycles. The van der Waals surface area contributed by atoms with Crippen molar-refractivity contribution in [2.75, 3.05) is 34.1 Å². The smallest absolute Gasteiger partial charge is 0.417 e. The zero-order valence-electron chi connectivity index (χ0n) is 18.9. The fourth-order valence-electron chi connectivity index (χ4n) is 4.45. The van der Waals surface area contributed by atoms with E-state index in [0.29, 0.717) is 23.3 Å². The van der Waals surface area contributed by atoms with Gasteiger partial charge in [-0.25, -0.2) is 4.79 Å². The Labute approximate surface area is 197 Å². The van der Waals surface area contributed by atoms with Gasteiger partial charge < -0.3 is 28.3 Å². The molecule has 0 fully saturated rings. The lowest BCUT2D eigenvalue weighted by Gasteiger charge is -2.29. The van der Waals surface area contributed by atoms with E-state index < -0.39 is 17.4 Å². The third kappa shape index (κ3) is 4.23. The molecular formula is C25H21F3NO6+. The number of likely N-dealkylation sites (N-methyl/N-ethyl adjacent to an activating group) is 1. The van der Waals surface area contributed by atoms with Gasteiger partial charge in [-0.05, 0) is 29.7 Å². The van der Waals surface area contributed by atoms with E-state index >= 15 is 0 Å². The molecule has 0 radical (unpaired) electrons. The molecule has 0 saturated heterocycles. The highest BCUT2D eigenvalue weighted by atomic mass is 19.4. The van der Waals surface area contributed by atoms with Gasteiger partial charge in [0.15, 0.2) is 17.5 Å². The van der Waals surface area contributed by atoms with Gasteiger partial charge in [0.25, 0.3) is 0 Å². The molecule has 1 N–H and O–H groups in total. The number of ether oxygens (including phenoxy) is 4. The molecule has 0 saturated carbocycles. The van der Waals surface area contributed by atoms with Crippen LogP contribution in [0.5, 0.6) is 23.0 Å². The van der Waals surface area contributed by atoms with Crippen molar-refractivity contribution in [3.8, 4) is 34.8 Å². The monoisotopic (exact) mass is 488 g/mol. The summed E-state index contributed by atoms with van der Waals surface area (Å²) >= 11 is 0. The van der Waals surface area contributed by atoms with Crippen molar-refractivity contribution in [3.05, 3.63) is 57.4 Å². The predicted molar refractivity (Wildman–Crippen MR) is 118 cm³/mol. The average molecular weight is 488 g/mol. The molecule has 10 heteroatoms. The van der Waals surface area contributed by atoms with E-state index in [0.717, 1.165) is 24.1 Å². The first-order valence-corrected chi connectivity index (χ1v) is 10.8. The van der Waals surface area contributed by atoms with Crippen LogP contribution in [0.3, 0.4) is 0 Å². The standard InChI is InChI=1S/C25H20F3NO6/c1-29-8-7-14-10-20-23(34-13-33-20)24(31-2)22(14)18(29)4-3-9-32-15-5-6-16-17(25(26,27)28)12-21(30)35-19(16)11-15/h5-6,10-12,18H,7-9,13H2,1-2H3/p+1/t18-/m0/s1. The lowest BCUT2D eigenvalue weighted by Crippen LogP contribution is -3.10. The normalized spacial score (nSPS) is 18.5. The number of methoxy groups -OCH3 is 1. The predicted octanol–water partition coefficient (Wildman–Crippen LogP) is 2.74. The number of benzene rings is 2. The Hall–Kier alpha value is -3.84. The quantitative estimate of drug-likeness (QED) is 0.452. The fraction of sp³-hybridized carbons (Fsp3) is 0.320. The number of hydrogen-bond acceptors (Lipinski definition) is 6. The molecule has 0 spiro atoms. The van der Waals surface area contributed by atoms with Gasteiger partial charge in [0.1, 0.15) is 17.9 Å². The first kappa shape index (κ1) is 22.9. The first-order chi connectivity index (χ1) is 16.8. The maximum Gasteiger partial charge on any atom is 0.417 e. The van der Waals surface area contributed by atoms with Crippen LogP contribution in [0.4, 0.5) is 13.2 Å². The molecule has 182 valence electrons. The number of halogens is 3. The van der Waals surface area contributed by atoms with Crippen molar-refractivity contribution >= 4 is 11.0 Å². The third-order valence-electron chi connectivity index (χ3n) is 6.10. The molecule has 1 aromatic heterocycles. The van der Waals surface area contributed by atoms with Crippen molar-refractivity contribution in [3.63, 3.8) is 0 Å². The first-order valence-electron chi connectivity index (χ1n) is 10.8. The number of alkyl halides is 3. The van der Waals surface area contributed by atoms with Gasteiger partial charge in [0.2, 0.25) is 12.5 Å². The molecule has 3 heterocycles. The van der Waals surface area contributed by atoms with Gasteiger partial charge in [-0.1, -0.05) is 5.92 Å². The van der Waals surface area contributed by atoms with Crippen molar-refractivity contribution in [1.29, 1.82) is 0 Å². The van der Waals surface area contributed by atoms with Crippen LogP contribution in [0.15, 0.2) is 39.5 Å². The zero-order chi connectivity index (χ0) is 24.7. The van der Waals surface area contributed by atoms with Crippen molar-refractivity contribution in [1.82, 2.24) is 0 Å². The van der Waals surface area contributed by atoms with Crippen LogP contribution < -0.4 is 29.5 Å². The fourth-order valence-corrected chi connectivity index (χ4v) is 4.45. The summed E-state index contributed by atoms with van der Waals surface area (Å²) in [5, 5.41) is -0.217. The Bertz CT molecular complexity index is 1420. The van der Waals surface area contributed by atoms with Crippen LogP contribution in [-0.4, -0.2) is 34.1 Å². The Morgan fingerprint density at radius 3 is 2.80 bits per heavy atom. The van der Waals surface area contributed by atoms with E-state index in [1.165, 1.54) is 23.1 Å². The van der Waals surface area contributed by atoms with Gasteiger partial charge >= 0.3 is 11.8 Å². The van der Waals surface area contributed by atoms with Gasteiger partial charge in [-0.15, -0.1) is 0 Å². The van der Waals surface area contributed by atoms with Crippen LogP contribution >= 0.6 is 0 Å². The van der Waals surface area contributed by atoms with E-state index in [9.17, 15) is 18.0 Å². The van der Waals surface area contributed by atoms with Gasteiger partial charge in [0, 0.05) is 23.9 Å². The highest BCUT2D eigenvalue weighted by Crippen LogP contribution is 2.47. The third-order valence-corrected chi connectivity index (χ3v) is 6.10. The second-order valence-electron chi connectivity index (χ2n) is 8.24. The maximum absolute atomic E-state index is 13.2. The van der Waals surface area contributed by atoms with Gasteiger partial charge in [-0.2, -0.15) is 13.2 Å². The number of rotatable bonds is 3. The number of nitrogens with one attached hydrogen (secondary N) is 1. The minimum absolute atomic E-state index is 0.0132. The molecule has 0 bridgehead atoms. The van der Waals surface area contributed by atoms with Crippen LogP contribution in [-0.2, 0) is 12.6 Å². The van der Waals surface area contributed by atoms with Crippen LogP contribution in [0.25, 0.3) is 11.0 Å². The van der Waals surface area contributed by atoms with E-state index in [-0.39, 0.29) is 36.2 Å². The highest BCUT2D eigenvalue weighted by Gasteiger charge is 2.36. The van der Waals surface area contributed by atoms with Crippen molar-refractivity contribution in [2.24, 2.45) is 0 Å². The lowest BCUT2D eigenvalue weighted by molar-refractivity contribution is -0.905. The summed E-state index contributed by atoms with van der Waals surface area (Å²) < 4.78 is 67.0. The van der Waals surface area contributed by atoms with Gasteiger partial charge in [-0.3, -0.25) is 0 Å². The SMILES string of the molecule is COc1c2c(cc3c1[C@H](C#CCOc1ccc4c(C(F)(F)F)cc(=O)oc4c1)[NH+](C)CC3)OCO2. The molecule has 2 aromatic carbocycles. The molecular weight excluding hydrogens is 467 g/mol. The Morgan fingerprint density at radius 1 is 1.20 bits per heavy atom.